The number of aryl methyl sites for hydroxylation is 3. The van der Waals surface area contributed by atoms with Gasteiger partial charge in [-0.3, -0.25) is 0 Å². The average molecular weight is 236 g/mol. The van der Waals surface area contributed by atoms with Gasteiger partial charge in [0.25, 0.3) is 0 Å². The zero-order valence-corrected chi connectivity index (χ0v) is 11.5. The van der Waals surface area contributed by atoms with Crippen molar-refractivity contribution in [3.05, 3.63) is 71.3 Å². The molecule has 2 rings (SSSR count). The van der Waals surface area contributed by atoms with Gasteiger partial charge < -0.3 is 0 Å². The van der Waals surface area contributed by atoms with Crippen molar-refractivity contribution in [2.45, 2.75) is 27.2 Å². The van der Waals surface area contributed by atoms with E-state index in [1.165, 1.54) is 33.4 Å². The van der Waals surface area contributed by atoms with Gasteiger partial charge in [-0.25, -0.2) is 0 Å². The Labute approximate surface area is 110 Å². The van der Waals surface area contributed by atoms with Gasteiger partial charge in [-0.15, -0.1) is 6.58 Å². The summed E-state index contributed by atoms with van der Waals surface area (Å²) >= 11 is 0. The summed E-state index contributed by atoms with van der Waals surface area (Å²) in [6, 6.07) is 13.3. The molecule has 0 heterocycles. The van der Waals surface area contributed by atoms with Gasteiger partial charge >= 0.3 is 0 Å². The molecule has 0 aliphatic carbocycles. The fourth-order valence-corrected chi connectivity index (χ4v) is 2.15. The Hall–Kier alpha value is -1.82. The fraction of sp³-hybridized carbons (Fsp3) is 0.222. The fourth-order valence-electron chi connectivity index (χ4n) is 2.15. The summed E-state index contributed by atoms with van der Waals surface area (Å²) in [5, 5.41) is 0. The molecule has 0 saturated heterocycles. The Morgan fingerprint density at radius 3 is 2.06 bits per heavy atom. The highest BCUT2D eigenvalue weighted by molar-refractivity contribution is 5.66. The molecule has 0 heteroatoms. The van der Waals surface area contributed by atoms with Crippen LogP contribution in [0.4, 0.5) is 0 Å². The van der Waals surface area contributed by atoms with Crippen molar-refractivity contribution in [1.29, 1.82) is 0 Å². The molecule has 0 bridgehead atoms. The summed E-state index contributed by atoms with van der Waals surface area (Å²) < 4.78 is 0. The second kappa shape index (κ2) is 5.22. The van der Waals surface area contributed by atoms with Crippen LogP contribution in [0, 0.1) is 20.8 Å². The molecule has 0 atom stereocenters. The van der Waals surface area contributed by atoms with Crippen LogP contribution >= 0.6 is 0 Å². The molecule has 0 fully saturated rings. The molecule has 0 amide bonds. The molecule has 18 heavy (non-hydrogen) atoms. The molecule has 2 aromatic rings. The highest BCUT2D eigenvalue weighted by atomic mass is 14.1. The molecule has 2 aromatic carbocycles. The smallest absolute Gasteiger partial charge is 0.00973 e. The van der Waals surface area contributed by atoms with Crippen molar-refractivity contribution in [2.24, 2.45) is 0 Å². The first-order valence-corrected chi connectivity index (χ1v) is 6.40. The van der Waals surface area contributed by atoms with Gasteiger partial charge in [-0.1, -0.05) is 42.5 Å². The van der Waals surface area contributed by atoms with E-state index in [-0.39, 0.29) is 0 Å². The van der Waals surface area contributed by atoms with E-state index >= 15 is 0 Å². The van der Waals surface area contributed by atoms with E-state index in [2.05, 4.69) is 63.7 Å². The molecule has 0 aromatic heterocycles. The van der Waals surface area contributed by atoms with Crippen LogP contribution in [0.5, 0.6) is 0 Å². The SMILES string of the molecule is C=CCc1cc(-c2ccc(C)c(C)c2)ccc1C. The Morgan fingerprint density at radius 2 is 1.44 bits per heavy atom. The summed E-state index contributed by atoms with van der Waals surface area (Å²) in [7, 11) is 0. The third-order valence-electron chi connectivity index (χ3n) is 3.55. The lowest BCUT2D eigenvalue weighted by Gasteiger charge is -2.09. The molecule has 0 nitrogen and oxygen atoms in total. The van der Waals surface area contributed by atoms with Crippen LogP contribution in [0.3, 0.4) is 0 Å². The van der Waals surface area contributed by atoms with Gasteiger partial charge in [0.05, 0.1) is 0 Å². The normalized spacial score (nSPS) is 10.4. The largest absolute Gasteiger partial charge is 0.103 e. The highest BCUT2D eigenvalue weighted by Crippen LogP contribution is 2.24. The van der Waals surface area contributed by atoms with Gasteiger partial charge in [0.15, 0.2) is 0 Å². The van der Waals surface area contributed by atoms with E-state index in [4.69, 9.17) is 0 Å². The Morgan fingerprint density at radius 1 is 0.833 bits per heavy atom. The number of hydrogen-bond acceptors (Lipinski definition) is 0. The minimum absolute atomic E-state index is 0.935. The molecular weight excluding hydrogens is 216 g/mol. The first kappa shape index (κ1) is 12.6. The predicted octanol–water partition coefficient (Wildman–Crippen LogP) is 5.01. The molecule has 0 aliphatic rings. The molecule has 0 N–H and O–H groups in total. The Kier molecular flexibility index (Phi) is 3.66. The molecule has 0 unspecified atom stereocenters. The summed E-state index contributed by atoms with van der Waals surface area (Å²) in [5.41, 5.74) is 7.97. The van der Waals surface area contributed by atoms with Crippen LogP contribution in [-0.2, 0) is 6.42 Å². The van der Waals surface area contributed by atoms with Gasteiger partial charge in [-0.05, 0) is 60.6 Å². The molecular formula is C18H20. The number of benzene rings is 2. The van der Waals surface area contributed by atoms with Crippen molar-refractivity contribution >= 4 is 0 Å². The van der Waals surface area contributed by atoms with Crippen molar-refractivity contribution in [3.63, 3.8) is 0 Å². The summed E-state index contributed by atoms with van der Waals surface area (Å²) in [5.74, 6) is 0. The van der Waals surface area contributed by atoms with Crippen LogP contribution < -0.4 is 0 Å². The van der Waals surface area contributed by atoms with Crippen LogP contribution in [0.1, 0.15) is 22.3 Å². The number of rotatable bonds is 3. The van der Waals surface area contributed by atoms with Gasteiger partial charge in [-0.2, -0.15) is 0 Å². The van der Waals surface area contributed by atoms with Crippen molar-refractivity contribution < 1.29 is 0 Å². The topological polar surface area (TPSA) is 0 Å². The summed E-state index contributed by atoms with van der Waals surface area (Å²) in [6.07, 6.45) is 2.90. The number of allylic oxidation sites excluding steroid dienone is 1. The van der Waals surface area contributed by atoms with Crippen LogP contribution in [0.25, 0.3) is 11.1 Å². The van der Waals surface area contributed by atoms with E-state index in [1.54, 1.807) is 0 Å². The van der Waals surface area contributed by atoms with E-state index < -0.39 is 0 Å². The van der Waals surface area contributed by atoms with Crippen molar-refractivity contribution in [1.82, 2.24) is 0 Å². The van der Waals surface area contributed by atoms with Crippen LogP contribution in [0.15, 0.2) is 49.1 Å². The predicted molar refractivity (Wildman–Crippen MR) is 80.0 cm³/mol. The first-order chi connectivity index (χ1) is 8.61. The van der Waals surface area contributed by atoms with E-state index in [9.17, 15) is 0 Å². The lowest BCUT2D eigenvalue weighted by molar-refractivity contribution is 1.22. The zero-order valence-electron chi connectivity index (χ0n) is 11.5. The second-order valence-electron chi connectivity index (χ2n) is 4.93. The second-order valence-corrected chi connectivity index (χ2v) is 4.93. The molecule has 0 saturated carbocycles. The van der Waals surface area contributed by atoms with E-state index in [0.29, 0.717) is 0 Å². The lowest BCUT2D eigenvalue weighted by Crippen LogP contribution is -1.89. The van der Waals surface area contributed by atoms with E-state index in [1.807, 2.05) is 6.08 Å². The molecule has 92 valence electrons. The summed E-state index contributed by atoms with van der Waals surface area (Å²) in [4.78, 5) is 0. The molecule has 0 aliphatic heterocycles. The van der Waals surface area contributed by atoms with Gasteiger partial charge in [0.2, 0.25) is 0 Å². The molecule has 0 spiro atoms. The van der Waals surface area contributed by atoms with Crippen molar-refractivity contribution in [2.75, 3.05) is 0 Å². The maximum Gasteiger partial charge on any atom is -0.00973 e. The summed E-state index contributed by atoms with van der Waals surface area (Å²) in [6.45, 7) is 10.3. The maximum absolute atomic E-state index is 3.83. The van der Waals surface area contributed by atoms with Gasteiger partial charge in [0, 0.05) is 0 Å². The highest BCUT2D eigenvalue weighted by Gasteiger charge is 2.03. The first-order valence-electron chi connectivity index (χ1n) is 6.40. The maximum atomic E-state index is 3.83. The quantitative estimate of drug-likeness (QED) is 0.657. The third kappa shape index (κ3) is 2.53. The monoisotopic (exact) mass is 236 g/mol. The van der Waals surface area contributed by atoms with E-state index in [0.717, 1.165) is 6.42 Å². The van der Waals surface area contributed by atoms with Crippen LogP contribution in [0.2, 0.25) is 0 Å². The minimum atomic E-state index is 0.935. The Balaban J connectivity index is 2.47. The number of hydrogen-bond donors (Lipinski definition) is 0. The van der Waals surface area contributed by atoms with Gasteiger partial charge in [0.1, 0.15) is 0 Å². The third-order valence-corrected chi connectivity index (χ3v) is 3.55. The minimum Gasteiger partial charge on any atom is -0.103 e. The standard InChI is InChI=1S/C18H20/c1-5-6-16-12-18(10-8-14(16)3)17-9-7-13(2)15(4)11-17/h5,7-12H,1,6H2,2-4H3. The lowest BCUT2D eigenvalue weighted by atomic mass is 9.96. The van der Waals surface area contributed by atoms with Crippen molar-refractivity contribution in [3.8, 4) is 11.1 Å². The zero-order chi connectivity index (χ0) is 13.1. The Bertz CT molecular complexity index is 577. The van der Waals surface area contributed by atoms with Crippen LogP contribution in [-0.4, -0.2) is 0 Å². The molecule has 0 radical (unpaired) electrons. The average Bonchev–Trinajstić information content (AvgIpc) is 2.36.